The van der Waals surface area contributed by atoms with E-state index in [1.54, 1.807) is 18.3 Å². The Morgan fingerprint density at radius 2 is 2.22 bits per heavy atom. The zero-order valence-electron chi connectivity index (χ0n) is 9.88. The average Bonchev–Trinajstić information content (AvgIpc) is 2.26. The van der Waals surface area contributed by atoms with Crippen molar-refractivity contribution in [1.82, 2.24) is 10.3 Å². The minimum Gasteiger partial charge on any atom is -0.481 e. The highest BCUT2D eigenvalue weighted by molar-refractivity contribution is 5.89. The highest BCUT2D eigenvalue weighted by Crippen LogP contribution is 2.08. The number of hydrogen-bond donors (Lipinski definition) is 4. The molecule has 0 saturated carbocycles. The van der Waals surface area contributed by atoms with E-state index in [0.717, 1.165) is 0 Å². The van der Waals surface area contributed by atoms with Gasteiger partial charge >= 0.3 is 12.0 Å². The second kappa shape index (κ2) is 5.97. The Labute approximate surface area is 104 Å². The summed E-state index contributed by atoms with van der Waals surface area (Å²) in [5.74, 6) is -1.13. The van der Waals surface area contributed by atoms with Crippen molar-refractivity contribution in [3.63, 3.8) is 0 Å². The van der Waals surface area contributed by atoms with Crippen molar-refractivity contribution in [3.8, 4) is 0 Å². The molecule has 7 nitrogen and oxygen atoms in total. The van der Waals surface area contributed by atoms with Crippen LogP contribution in [0.25, 0.3) is 0 Å². The Hall–Kier alpha value is -2.15. The number of aliphatic hydroxyl groups is 1. The van der Waals surface area contributed by atoms with Crippen LogP contribution in [0, 0.1) is 0 Å². The van der Waals surface area contributed by atoms with Crippen molar-refractivity contribution in [3.05, 3.63) is 24.5 Å². The molecule has 0 spiro atoms. The SMILES string of the molecule is CC(O)(CNC(=O)Nc1cccnc1)CC(=O)O. The molecule has 1 atom stereocenters. The minimum absolute atomic E-state index is 0.161. The first kappa shape index (κ1) is 13.9. The van der Waals surface area contributed by atoms with Crippen molar-refractivity contribution in [2.75, 3.05) is 11.9 Å². The lowest BCUT2D eigenvalue weighted by molar-refractivity contribution is -0.141. The molecule has 0 bridgehead atoms. The molecule has 98 valence electrons. The van der Waals surface area contributed by atoms with Gasteiger partial charge in [-0.3, -0.25) is 9.78 Å². The maximum atomic E-state index is 11.4. The van der Waals surface area contributed by atoms with Gasteiger partial charge in [-0.25, -0.2) is 4.79 Å². The van der Waals surface area contributed by atoms with Crippen LogP contribution >= 0.6 is 0 Å². The van der Waals surface area contributed by atoms with Crippen LogP contribution in [0.5, 0.6) is 0 Å². The van der Waals surface area contributed by atoms with Gasteiger partial charge in [-0.05, 0) is 19.1 Å². The van der Waals surface area contributed by atoms with Gasteiger partial charge < -0.3 is 20.8 Å². The predicted molar refractivity (Wildman–Crippen MR) is 64.1 cm³/mol. The molecule has 1 rings (SSSR count). The number of rotatable bonds is 5. The fraction of sp³-hybridized carbons (Fsp3) is 0.364. The normalized spacial score (nSPS) is 13.4. The number of anilines is 1. The van der Waals surface area contributed by atoms with E-state index in [1.807, 2.05) is 0 Å². The van der Waals surface area contributed by atoms with E-state index in [2.05, 4.69) is 15.6 Å². The fourth-order valence-corrected chi connectivity index (χ4v) is 1.27. The van der Waals surface area contributed by atoms with E-state index in [-0.39, 0.29) is 6.54 Å². The molecule has 2 amide bonds. The summed E-state index contributed by atoms with van der Waals surface area (Å²) in [4.78, 5) is 25.7. The van der Waals surface area contributed by atoms with Crippen LogP contribution in [0.15, 0.2) is 24.5 Å². The lowest BCUT2D eigenvalue weighted by Gasteiger charge is -2.21. The summed E-state index contributed by atoms with van der Waals surface area (Å²) in [5.41, 5.74) is -0.981. The second-order valence-electron chi connectivity index (χ2n) is 4.12. The van der Waals surface area contributed by atoms with Gasteiger partial charge in [0, 0.05) is 12.7 Å². The molecule has 0 aliphatic carbocycles. The van der Waals surface area contributed by atoms with Gasteiger partial charge in [0.2, 0.25) is 0 Å². The number of urea groups is 1. The number of carbonyl (C=O) groups excluding carboxylic acids is 1. The van der Waals surface area contributed by atoms with E-state index in [9.17, 15) is 14.7 Å². The molecule has 0 saturated heterocycles. The third kappa shape index (κ3) is 5.26. The van der Waals surface area contributed by atoms with Gasteiger partial charge in [-0.1, -0.05) is 0 Å². The maximum absolute atomic E-state index is 11.4. The Morgan fingerprint density at radius 3 is 2.78 bits per heavy atom. The lowest BCUT2D eigenvalue weighted by atomic mass is 10.0. The quantitative estimate of drug-likeness (QED) is 0.608. The highest BCUT2D eigenvalue weighted by atomic mass is 16.4. The zero-order valence-corrected chi connectivity index (χ0v) is 9.88. The summed E-state index contributed by atoms with van der Waals surface area (Å²) < 4.78 is 0. The molecule has 18 heavy (non-hydrogen) atoms. The van der Waals surface area contributed by atoms with Crippen LogP contribution in [0.2, 0.25) is 0 Å². The van der Waals surface area contributed by atoms with E-state index < -0.39 is 24.0 Å². The first-order valence-electron chi connectivity index (χ1n) is 5.28. The monoisotopic (exact) mass is 253 g/mol. The number of hydrogen-bond acceptors (Lipinski definition) is 4. The molecule has 0 radical (unpaired) electrons. The van der Waals surface area contributed by atoms with E-state index in [4.69, 9.17) is 5.11 Å². The molecule has 0 aliphatic heterocycles. The highest BCUT2D eigenvalue weighted by Gasteiger charge is 2.24. The summed E-state index contributed by atoms with van der Waals surface area (Å²) >= 11 is 0. The largest absolute Gasteiger partial charge is 0.481 e. The molecule has 4 N–H and O–H groups in total. The van der Waals surface area contributed by atoms with Crippen LogP contribution in [-0.4, -0.2) is 39.3 Å². The number of carbonyl (C=O) groups is 2. The standard InChI is InChI=1S/C11H15N3O4/c1-11(18,5-9(15)16)7-13-10(17)14-8-3-2-4-12-6-8/h2-4,6,18H,5,7H2,1H3,(H,15,16)(H2,13,14,17). The number of aromatic nitrogens is 1. The van der Waals surface area contributed by atoms with Gasteiger partial charge in [0.15, 0.2) is 0 Å². The molecular formula is C11H15N3O4. The average molecular weight is 253 g/mol. The van der Waals surface area contributed by atoms with Crippen LogP contribution in [0.1, 0.15) is 13.3 Å². The number of nitrogens with one attached hydrogen (secondary N) is 2. The Kier molecular flexibility index (Phi) is 4.61. The zero-order chi connectivity index (χ0) is 13.6. The molecule has 7 heteroatoms. The second-order valence-corrected chi connectivity index (χ2v) is 4.12. The molecule has 0 fully saturated rings. The van der Waals surface area contributed by atoms with Gasteiger partial charge in [0.25, 0.3) is 0 Å². The maximum Gasteiger partial charge on any atom is 0.319 e. The number of nitrogens with zero attached hydrogens (tertiary/aromatic N) is 1. The van der Waals surface area contributed by atoms with Crippen LogP contribution in [-0.2, 0) is 4.79 Å². The molecule has 1 aromatic heterocycles. The smallest absolute Gasteiger partial charge is 0.319 e. The molecule has 1 aromatic rings. The molecule has 1 heterocycles. The third-order valence-corrected chi connectivity index (χ3v) is 2.08. The van der Waals surface area contributed by atoms with E-state index >= 15 is 0 Å². The van der Waals surface area contributed by atoms with Crippen LogP contribution in [0.3, 0.4) is 0 Å². The number of pyridine rings is 1. The fourth-order valence-electron chi connectivity index (χ4n) is 1.27. The number of carboxylic acid groups (broad SMARTS) is 1. The molecule has 1 unspecified atom stereocenters. The number of amides is 2. The molecule has 0 aliphatic rings. The summed E-state index contributed by atoms with van der Waals surface area (Å²) in [7, 11) is 0. The number of aliphatic carboxylic acids is 1. The summed E-state index contributed by atoms with van der Waals surface area (Å²) in [6.45, 7) is 1.18. The first-order valence-corrected chi connectivity index (χ1v) is 5.28. The minimum atomic E-state index is -1.49. The lowest BCUT2D eigenvalue weighted by Crippen LogP contribution is -2.43. The van der Waals surface area contributed by atoms with E-state index in [1.165, 1.54) is 13.1 Å². The Bertz CT molecular complexity index is 420. The predicted octanol–water partition coefficient (Wildman–Crippen LogP) is 0.429. The first-order chi connectivity index (χ1) is 8.39. The Morgan fingerprint density at radius 1 is 1.50 bits per heavy atom. The topological polar surface area (TPSA) is 112 Å². The van der Waals surface area contributed by atoms with Crippen LogP contribution in [0.4, 0.5) is 10.5 Å². The van der Waals surface area contributed by atoms with Gasteiger partial charge in [0.05, 0.1) is 23.9 Å². The number of carboxylic acids is 1. The van der Waals surface area contributed by atoms with Crippen LogP contribution < -0.4 is 10.6 Å². The molecular weight excluding hydrogens is 238 g/mol. The van der Waals surface area contributed by atoms with Crippen molar-refractivity contribution >= 4 is 17.7 Å². The van der Waals surface area contributed by atoms with Crippen molar-refractivity contribution in [2.24, 2.45) is 0 Å². The summed E-state index contributed by atoms with van der Waals surface area (Å²) in [5, 5.41) is 23.1. The van der Waals surface area contributed by atoms with Gasteiger partial charge in [-0.15, -0.1) is 0 Å². The van der Waals surface area contributed by atoms with Crippen molar-refractivity contribution in [1.29, 1.82) is 0 Å². The van der Waals surface area contributed by atoms with E-state index in [0.29, 0.717) is 5.69 Å². The Balaban J connectivity index is 2.40. The summed E-state index contributed by atoms with van der Waals surface area (Å²) in [6, 6.07) is 2.78. The van der Waals surface area contributed by atoms with Crippen molar-refractivity contribution in [2.45, 2.75) is 18.9 Å². The van der Waals surface area contributed by atoms with Gasteiger partial charge in [-0.2, -0.15) is 0 Å². The summed E-state index contributed by atoms with van der Waals surface area (Å²) in [6.07, 6.45) is 2.59. The van der Waals surface area contributed by atoms with Gasteiger partial charge in [0.1, 0.15) is 0 Å². The third-order valence-electron chi connectivity index (χ3n) is 2.08. The van der Waals surface area contributed by atoms with Crippen molar-refractivity contribution < 1.29 is 19.8 Å². The molecule has 0 aromatic carbocycles.